The molecule has 1 aromatic rings. The fraction of sp³-hybridized carbons (Fsp3) is 0.500. The minimum absolute atomic E-state index is 0.154. The van der Waals surface area contributed by atoms with Crippen LogP contribution in [0.2, 0.25) is 0 Å². The van der Waals surface area contributed by atoms with Gasteiger partial charge in [-0.3, -0.25) is 0 Å². The quantitative estimate of drug-likeness (QED) is 0.741. The smallest absolute Gasteiger partial charge is 0.0943 e. The molecule has 13 heavy (non-hydrogen) atoms. The lowest BCUT2D eigenvalue weighted by Gasteiger charge is -2.06. The molecule has 2 nitrogen and oxygen atoms in total. The third-order valence-corrected chi connectivity index (χ3v) is 2.75. The van der Waals surface area contributed by atoms with Gasteiger partial charge in [0.05, 0.1) is 5.01 Å². The van der Waals surface area contributed by atoms with E-state index in [9.17, 15) is 0 Å². The Bertz CT molecular complexity index is 298. The Labute approximate surface area is 83.2 Å². The van der Waals surface area contributed by atoms with Gasteiger partial charge in [-0.15, -0.1) is 23.7 Å². The van der Waals surface area contributed by atoms with Crippen LogP contribution in [0.1, 0.15) is 23.5 Å². The van der Waals surface area contributed by atoms with Gasteiger partial charge in [0.25, 0.3) is 0 Å². The third kappa shape index (κ3) is 3.58. The van der Waals surface area contributed by atoms with Crippen molar-refractivity contribution in [1.82, 2.24) is 4.98 Å². The van der Waals surface area contributed by atoms with Gasteiger partial charge in [0.1, 0.15) is 0 Å². The minimum Gasteiger partial charge on any atom is -0.327 e. The molecule has 0 aromatic carbocycles. The molecule has 0 saturated heterocycles. The summed E-state index contributed by atoms with van der Waals surface area (Å²) in [4.78, 5) is 4.35. The molecule has 2 N–H and O–H groups in total. The van der Waals surface area contributed by atoms with Crippen molar-refractivity contribution in [3.8, 4) is 12.3 Å². The van der Waals surface area contributed by atoms with Crippen LogP contribution in [-0.2, 0) is 6.42 Å². The standard InChI is InChI=1S/C10H14N2S/c1-3-4-5-9(11)6-10-12-8(2)7-13-10/h1,7,9H,4-6,11H2,2H3. The number of hydrogen-bond donors (Lipinski definition) is 1. The van der Waals surface area contributed by atoms with Gasteiger partial charge in [0.2, 0.25) is 0 Å². The molecule has 1 atom stereocenters. The van der Waals surface area contributed by atoms with Gasteiger partial charge in [-0.2, -0.15) is 0 Å². The maximum atomic E-state index is 5.87. The van der Waals surface area contributed by atoms with Crippen LogP contribution in [0.5, 0.6) is 0 Å². The number of nitrogens with zero attached hydrogens (tertiary/aromatic N) is 1. The Morgan fingerprint density at radius 3 is 3.08 bits per heavy atom. The number of nitrogens with two attached hydrogens (primary N) is 1. The van der Waals surface area contributed by atoms with Crippen LogP contribution < -0.4 is 5.73 Å². The van der Waals surface area contributed by atoms with E-state index in [-0.39, 0.29) is 6.04 Å². The van der Waals surface area contributed by atoms with Crippen molar-refractivity contribution in [2.45, 2.75) is 32.2 Å². The van der Waals surface area contributed by atoms with Crippen LogP contribution >= 0.6 is 11.3 Å². The van der Waals surface area contributed by atoms with Crippen LogP contribution in [0.25, 0.3) is 0 Å². The maximum Gasteiger partial charge on any atom is 0.0943 e. The van der Waals surface area contributed by atoms with E-state index in [1.807, 2.05) is 12.3 Å². The summed E-state index contributed by atoms with van der Waals surface area (Å²) in [6.45, 7) is 1.99. The summed E-state index contributed by atoms with van der Waals surface area (Å²) in [5.41, 5.74) is 6.95. The monoisotopic (exact) mass is 194 g/mol. The first-order valence-corrected chi connectivity index (χ1v) is 5.20. The summed E-state index contributed by atoms with van der Waals surface area (Å²) in [6.07, 6.45) is 7.64. The fourth-order valence-corrected chi connectivity index (χ4v) is 1.96. The van der Waals surface area contributed by atoms with Gasteiger partial charge in [-0.25, -0.2) is 4.98 Å². The lowest BCUT2D eigenvalue weighted by molar-refractivity contribution is 0.620. The van der Waals surface area contributed by atoms with E-state index in [1.165, 1.54) is 0 Å². The van der Waals surface area contributed by atoms with Crippen molar-refractivity contribution in [1.29, 1.82) is 0 Å². The molecule has 1 aromatic heterocycles. The Morgan fingerprint density at radius 1 is 1.77 bits per heavy atom. The molecule has 0 spiro atoms. The van der Waals surface area contributed by atoms with Gasteiger partial charge >= 0.3 is 0 Å². The highest BCUT2D eigenvalue weighted by atomic mass is 32.1. The molecule has 1 rings (SSSR count). The van der Waals surface area contributed by atoms with Crippen molar-refractivity contribution in [2.75, 3.05) is 0 Å². The van der Waals surface area contributed by atoms with Gasteiger partial charge < -0.3 is 5.73 Å². The second kappa shape index (κ2) is 5.00. The highest BCUT2D eigenvalue weighted by Crippen LogP contribution is 2.11. The number of rotatable bonds is 4. The topological polar surface area (TPSA) is 38.9 Å². The molecule has 0 bridgehead atoms. The fourth-order valence-electron chi connectivity index (χ4n) is 1.09. The van der Waals surface area contributed by atoms with E-state index >= 15 is 0 Å². The lowest BCUT2D eigenvalue weighted by atomic mass is 10.1. The number of terminal acetylenes is 1. The molecule has 1 unspecified atom stereocenters. The van der Waals surface area contributed by atoms with Gasteiger partial charge in [0.15, 0.2) is 0 Å². The summed E-state index contributed by atoms with van der Waals surface area (Å²) in [6, 6.07) is 0.154. The van der Waals surface area contributed by atoms with Crippen LogP contribution in [-0.4, -0.2) is 11.0 Å². The van der Waals surface area contributed by atoms with Gasteiger partial charge in [-0.1, -0.05) is 0 Å². The lowest BCUT2D eigenvalue weighted by Crippen LogP contribution is -2.22. The van der Waals surface area contributed by atoms with Crippen LogP contribution in [0.15, 0.2) is 5.38 Å². The Balaban J connectivity index is 2.37. The zero-order chi connectivity index (χ0) is 9.68. The van der Waals surface area contributed by atoms with E-state index in [0.29, 0.717) is 0 Å². The summed E-state index contributed by atoms with van der Waals surface area (Å²) in [5.74, 6) is 2.59. The van der Waals surface area contributed by atoms with Crippen LogP contribution in [0, 0.1) is 19.3 Å². The number of thiazole rings is 1. The van der Waals surface area contributed by atoms with Gasteiger partial charge in [0, 0.05) is 30.0 Å². The average molecular weight is 194 g/mol. The molecule has 0 saturated carbocycles. The molecule has 0 fully saturated rings. The Morgan fingerprint density at radius 2 is 2.54 bits per heavy atom. The second-order valence-electron chi connectivity index (χ2n) is 3.09. The molecular weight excluding hydrogens is 180 g/mol. The third-order valence-electron chi connectivity index (χ3n) is 1.76. The molecule has 0 aliphatic heterocycles. The SMILES string of the molecule is C#CCCC(N)Cc1nc(C)cs1. The molecular formula is C10H14N2S. The van der Waals surface area contributed by atoms with E-state index < -0.39 is 0 Å². The summed E-state index contributed by atoms with van der Waals surface area (Å²) in [7, 11) is 0. The second-order valence-corrected chi connectivity index (χ2v) is 4.03. The minimum atomic E-state index is 0.154. The molecule has 0 aliphatic carbocycles. The number of aryl methyl sites for hydroxylation is 1. The molecule has 1 heterocycles. The molecule has 3 heteroatoms. The normalized spacial score (nSPS) is 12.4. The molecule has 70 valence electrons. The van der Waals surface area contributed by atoms with Gasteiger partial charge in [-0.05, 0) is 13.3 Å². The van der Waals surface area contributed by atoms with Crippen molar-refractivity contribution in [2.24, 2.45) is 5.73 Å². The highest BCUT2D eigenvalue weighted by Gasteiger charge is 2.05. The Hall–Kier alpha value is -0.850. The summed E-state index contributed by atoms with van der Waals surface area (Å²) >= 11 is 1.67. The summed E-state index contributed by atoms with van der Waals surface area (Å²) in [5, 5.41) is 3.16. The largest absolute Gasteiger partial charge is 0.327 e. The predicted molar refractivity (Wildman–Crippen MR) is 56.6 cm³/mol. The zero-order valence-corrected chi connectivity index (χ0v) is 8.60. The number of aromatic nitrogens is 1. The van der Waals surface area contributed by atoms with E-state index in [2.05, 4.69) is 10.9 Å². The van der Waals surface area contributed by atoms with Crippen molar-refractivity contribution in [3.05, 3.63) is 16.1 Å². The van der Waals surface area contributed by atoms with E-state index in [0.717, 1.165) is 30.0 Å². The first kappa shape index (κ1) is 10.2. The summed E-state index contributed by atoms with van der Waals surface area (Å²) < 4.78 is 0. The van der Waals surface area contributed by atoms with Crippen LogP contribution in [0.4, 0.5) is 0 Å². The Kier molecular flexibility index (Phi) is 3.94. The van der Waals surface area contributed by atoms with Crippen molar-refractivity contribution in [3.63, 3.8) is 0 Å². The molecule has 0 radical (unpaired) electrons. The first-order valence-electron chi connectivity index (χ1n) is 4.32. The van der Waals surface area contributed by atoms with E-state index in [1.54, 1.807) is 11.3 Å². The van der Waals surface area contributed by atoms with Crippen LogP contribution in [0.3, 0.4) is 0 Å². The highest BCUT2D eigenvalue weighted by molar-refractivity contribution is 7.09. The maximum absolute atomic E-state index is 5.87. The first-order chi connectivity index (χ1) is 6.22. The molecule has 0 aliphatic rings. The molecule has 0 amide bonds. The number of hydrogen-bond acceptors (Lipinski definition) is 3. The predicted octanol–water partition coefficient (Wildman–Crippen LogP) is 1.73. The van der Waals surface area contributed by atoms with Crippen molar-refractivity contribution >= 4 is 11.3 Å². The average Bonchev–Trinajstić information content (AvgIpc) is 2.48. The van der Waals surface area contributed by atoms with Crippen molar-refractivity contribution < 1.29 is 0 Å². The zero-order valence-electron chi connectivity index (χ0n) is 7.79. The van der Waals surface area contributed by atoms with E-state index in [4.69, 9.17) is 12.2 Å².